The number of hydrogen-bond acceptors (Lipinski definition) is 3. The maximum atomic E-state index is 12.9. The number of rotatable bonds is 11. The molecule has 1 aliphatic rings. The third-order valence-electron chi connectivity index (χ3n) is 5.08. The number of nitrogens with one attached hydrogen (secondary N) is 2. The summed E-state index contributed by atoms with van der Waals surface area (Å²) in [6.45, 7) is 6.02. The molecular formula is C22H33N3O3. The van der Waals surface area contributed by atoms with Gasteiger partial charge in [0.05, 0.1) is 13.1 Å². The lowest BCUT2D eigenvalue weighted by molar-refractivity contribution is -0.140. The van der Waals surface area contributed by atoms with Crippen molar-refractivity contribution in [3.63, 3.8) is 0 Å². The van der Waals surface area contributed by atoms with E-state index in [2.05, 4.69) is 17.6 Å². The fourth-order valence-corrected chi connectivity index (χ4v) is 3.28. The van der Waals surface area contributed by atoms with Crippen molar-refractivity contribution in [2.45, 2.75) is 65.3 Å². The van der Waals surface area contributed by atoms with E-state index < -0.39 is 0 Å². The molecule has 0 saturated heterocycles. The molecule has 0 heterocycles. The van der Waals surface area contributed by atoms with Gasteiger partial charge in [0, 0.05) is 17.6 Å². The van der Waals surface area contributed by atoms with Crippen LogP contribution in [0.1, 0.15) is 57.9 Å². The summed E-state index contributed by atoms with van der Waals surface area (Å²) in [5.74, 6) is -0.501. The van der Waals surface area contributed by atoms with Gasteiger partial charge in [-0.05, 0) is 50.3 Å². The molecule has 0 bridgehead atoms. The molecule has 2 rings (SSSR count). The Bertz CT molecular complexity index is 685. The predicted octanol–water partition coefficient (Wildman–Crippen LogP) is 3.26. The Hall–Kier alpha value is -2.37. The van der Waals surface area contributed by atoms with Gasteiger partial charge in [-0.25, -0.2) is 0 Å². The Kier molecular flexibility index (Phi) is 8.48. The molecule has 0 aliphatic heterocycles. The number of nitrogens with zero attached hydrogens (tertiary/aromatic N) is 1. The van der Waals surface area contributed by atoms with E-state index >= 15 is 0 Å². The topological polar surface area (TPSA) is 78.5 Å². The van der Waals surface area contributed by atoms with E-state index in [1.54, 1.807) is 11.0 Å². The van der Waals surface area contributed by atoms with Crippen molar-refractivity contribution in [1.82, 2.24) is 10.2 Å². The summed E-state index contributed by atoms with van der Waals surface area (Å²) in [7, 11) is 0. The zero-order chi connectivity index (χ0) is 20.5. The second-order valence-electron chi connectivity index (χ2n) is 7.64. The molecule has 1 aliphatic carbocycles. The average Bonchev–Trinajstić information content (AvgIpc) is 3.50. The molecule has 0 radical (unpaired) electrons. The molecule has 1 fully saturated rings. The first-order valence-corrected chi connectivity index (χ1v) is 10.4. The molecule has 154 valence electrons. The smallest absolute Gasteiger partial charge is 0.243 e. The molecule has 1 aromatic carbocycles. The highest BCUT2D eigenvalue weighted by atomic mass is 16.2. The van der Waals surface area contributed by atoms with Crippen LogP contribution in [-0.2, 0) is 14.4 Å². The first-order chi connectivity index (χ1) is 13.4. The number of aryl methyl sites for hydroxylation is 1. The average molecular weight is 388 g/mol. The summed E-state index contributed by atoms with van der Waals surface area (Å²) < 4.78 is 0. The number of benzene rings is 1. The van der Waals surface area contributed by atoms with Crippen molar-refractivity contribution in [3.8, 4) is 0 Å². The SMILES string of the molecule is CCCC[C@@H](CC)C(=O)N(CC(=O)NCC(=O)Nc1cccc(C)c1)C1CC1. The highest BCUT2D eigenvalue weighted by molar-refractivity contribution is 5.95. The van der Waals surface area contributed by atoms with Crippen LogP contribution in [0, 0.1) is 12.8 Å². The minimum atomic E-state index is -0.287. The van der Waals surface area contributed by atoms with Crippen molar-refractivity contribution >= 4 is 23.4 Å². The molecule has 1 saturated carbocycles. The minimum Gasteiger partial charge on any atom is -0.345 e. The van der Waals surface area contributed by atoms with E-state index in [-0.39, 0.29) is 42.8 Å². The molecule has 6 nitrogen and oxygen atoms in total. The van der Waals surface area contributed by atoms with Crippen LogP contribution in [0.15, 0.2) is 24.3 Å². The first kappa shape index (κ1) is 21.9. The van der Waals surface area contributed by atoms with Crippen LogP contribution in [0.3, 0.4) is 0 Å². The zero-order valence-corrected chi connectivity index (χ0v) is 17.3. The van der Waals surface area contributed by atoms with E-state index in [1.165, 1.54) is 0 Å². The van der Waals surface area contributed by atoms with Crippen LogP contribution in [0.25, 0.3) is 0 Å². The maximum absolute atomic E-state index is 12.9. The zero-order valence-electron chi connectivity index (χ0n) is 17.3. The van der Waals surface area contributed by atoms with Crippen LogP contribution < -0.4 is 10.6 Å². The summed E-state index contributed by atoms with van der Waals surface area (Å²) in [5.41, 5.74) is 1.75. The number of carbonyl (C=O) groups is 3. The Balaban J connectivity index is 1.83. The summed E-state index contributed by atoms with van der Waals surface area (Å²) in [6.07, 6.45) is 5.66. The van der Waals surface area contributed by atoms with E-state index in [0.717, 1.165) is 44.1 Å². The number of hydrogen-bond donors (Lipinski definition) is 2. The summed E-state index contributed by atoms with van der Waals surface area (Å²) in [4.78, 5) is 39.0. The van der Waals surface area contributed by atoms with Crippen molar-refractivity contribution in [3.05, 3.63) is 29.8 Å². The van der Waals surface area contributed by atoms with E-state index in [4.69, 9.17) is 0 Å². The van der Waals surface area contributed by atoms with E-state index in [1.807, 2.05) is 32.0 Å². The van der Waals surface area contributed by atoms with Gasteiger partial charge in [0.15, 0.2) is 0 Å². The van der Waals surface area contributed by atoms with Gasteiger partial charge in [0.25, 0.3) is 0 Å². The molecule has 3 amide bonds. The van der Waals surface area contributed by atoms with Gasteiger partial charge in [-0.3, -0.25) is 14.4 Å². The second-order valence-corrected chi connectivity index (χ2v) is 7.64. The standard InChI is InChI=1S/C22H33N3O3/c1-4-6-9-17(5-2)22(28)25(19-11-12-19)15-21(27)23-14-20(26)24-18-10-7-8-16(3)13-18/h7-8,10,13,17,19H,4-6,9,11-12,14-15H2,1-3H3,(H,23,27)(H,24,26)/t17-/m1/s1. The van der Waals surface area contributed by atoms with Gasteiger partial charge in [-0.15, -0.1) is 0 Å². The Morgan fingerprint density at radius 3 is 2.54 bits per heavy atom. The van der Waals surface area contributed by atoms with Crippen LogP contribution in [0.5, 0.6) is 0 Å². The molecule has 1 atom stereocenters. The fourth-order valence-electron chi connectivity index (χ4n) is 3.28. The minimum absolute atomic E-state index is 0.0158. The van der Waals surface area contributed by atoms with Crippen molar-refractivity contribution in [1.29, 1.82) is 0 Å². The van der Waals surface area contributed by atoms with Crippen molar-refractivity contribution in [2.75, 3.05) is 18.4 Å². The highest BCUT2D eigenvalue weighted by Crippen LogP contribution is 2.29. The van der Waals surface area contributed by atoms with Crippen LogP contribution in [0.2, 0.25) is 0 Å². The molecule has 0 spiro atoms. The van der Waals surface area contributed by atoms with Crippen LogP contribution >= 0.6 is 0 Å². The van der Waals surface area contributed by atoms with Gasteiger partial charge in [0.2, 0.25) is 17.7 Å². The molecular weight excluding hydrogens is 354 g/mol. The van der Waals surface area contributed by atoms with Crippen molar-refractivity contribution in [2.24, 2.45) is 5.92 Å². The summed E-state index contributed by atoms with van der Waals surface area (Å²) in [6, 6.07) is 7.67. The molecule has 1 aromatic rings. The van der Waals surface area contributed by atoms with Crippen LogP contribution in [-0.4, -0.2) is 41.8 Å². The predicted molar refractivity (Wildman–Crippen MR) is 111 cm³/mol. The lowest BCUT2D eigenvalue weighted by Crippen LogP contribution is -2.45. The number of unbranched alkanes of at least 4 members (excludes halogenated alkanes) is 1. The van der Waals surface area contributed by atoms with Crippen LogP contribution in [0.4, 0.5) is 5.69 Å². The summed E-state index contributed by atoms with van der Waals surface area (Å²) in [5, 5.41) is 5.41. The van der Waals surface area contributed by atoms with Gasteiger partial charge in [-0.1, -0.05) is 38.8 Å². The molecule has 0 unspecified atom stereocenters. The normalized spacial score (nSPS) is 14.2. The lowest BCUT2D eigenvalue weighted by Gasteiger charge is -2.26. The molecule has 0 aromatic heterocycles. The lowest BCUT2D eigenvalue weighted by atomic mass is 9.97. The molecule has 2 N–H and O–H groups in total. The van der Waals surface area contributed by atoms with Gasteiger partial charge in [-0.2, -0.15) is 0 Å². The van der Waals surface area contributed by atoms with E-state index in [0.29, 0.717) is 5.69 Å². The largest absolute Gasteiger partial charge is 0.345 e. The highest BCUT2D eigenvalue weighted by Gasteiger charge is 2.36. The van der Waals surface area contributed by atoms with Gasteiger partial charge < -0.3 is 15.5 Å². The summed E-state index contributed by atoms with van der Waals surface area (Å²) >= 11 is 0. The van der Waals surface area contributed by atoms with Gasteiger partial charge >= 0.3 is 0 Å². The van der Waals surface area contributed by atoms with Crippen molar-refractivity contribution < 1.29 is 14.4 Å². The second kappa shape index (κ2) is 10.8. The molecule has 28 heavy (non-hydrogen) atoms. The third kappa shape index (κ3) is 6.98. The maximum Gasteiger partial charge on any atom is 0.243 e. The van der Waals surface area contributed by atoms with Gasteiger partial charge in [0.1, 0.15) is 0 Å². The quantitative estimate of drug-likeness (QED) is 0.612. The van der Waals surface area contributed by atoms with E-state index in [9.17, 15) is 14.4 Å². The number of anilines is 1. The fraction of sp³-hybridized carbons (Fsp3) is 0.591. The number of carbonyl (C=O) groups excluding carboxylic acids is 3. The Morgan fingerprint density at radius 1 is 1.18 bits per heavy atom. The third-order valence-corrected chi connectivity index (χ3v) is 5.08. The Labute approximate surface area is 168 Å². The first-order valence-electron chi connectivity index (χ1n) is 10.4. The Morgan fingerprint density at radius 2 is 1.93 bits per heavy atom. The monoisotopic (exact) mass is 387 g/mol. The number of amides is 3. The molecule has 6 heteroatoms.